The summed E-state index contributed by atoms with van der Waals surface area (Å²) in [4.78, 5) is 18.1. The molecule has 2 atom stereocenters. The van der Waals surface area contributed by atoms with E-state index in [2.05, 4.69) is 10.3 Å². The topological polar surface area (TPSA) is 63.7 Å². The number of methoxy groups -OCH3 is 1. The van der Waals surface area contributed by atoms with Gasteiger partial charge in [0.25, 0.3) is 11.8 Å². The summed E-state index contributed by atoms with van der Waals surface area (Å²) in [5.74, 6) is -4.85. The molecule has 0 spiro atoms. The fourth-order valence-corrected chi connectivity index (χ4v) is 3.07. The third kappa shape index (κ3) is 4.03. The predicted octanol–water partition coefficient (Wildman–Crippen LogP) is 1.97. The van der Waals surface area contributed by atoms with Crippen molar-refractivity contribution in [3.63, 3.8) is 0 Å². The summed E-state index contributed by atoms with van der Waals surface area (Å²) in [6.07, 6.45) is 1.48. The Balaban J connectivity index is 1.62. The number of nitrogens with one attached hydrogen (secondary N) is 1. The standard InChI is InChI=1S/C17H22F3N3O3/c1-23-5-3-4-13(23)14(24)21-8-10-6-12(18)16(22-15(10)25-2)26-9-11-7-17(11,19)20/h6,11,13H,3-5,7-9H2,1-2H3,(H,21,24)/t11?,13-/m0/s1. The molecule has 2 aliphatic rings. The van der Waals surface area contributed by atoms with Crippen molar-refractivity contribution in [2.24, 2.45) is 5.92 Å². The smallest absolute Gasteiger partial charge is 0.255 e. The van der Waals surface area contributed by atoms with E-state index in [1.165, 1.54) is 7.11 Å². The first-order valence-corrected chi connectivity index (χ1v) is 8.54. The molecule has 2 fully saturated rings. The summed E-state index contributed by atoms with van der Waals surface area (Å²) in [6, 6.07) is 0.951. The number of hydrogen-bond acceptors (Lipinski definition) is 5. The lowest BCUT2D eigenvalue weighted by Gasteiger charge is -2.19. The van der Waals surface area contributed by atoms with Gasteiger partial charge in [0.1, 0.15) is 0 Å². The van der Waals surface area contributed by atoms with Gasteiger partial charge in [-0.1, -0.05) is 0 Å². The monoisotopic (exact) mass is 373 g/mol. The molecule has 9 heteroatoms. The molecule has 2 heterocycles. The molecule has 1 saturated carbocycles. The van der Waals surface area contributed by atoms with Crippen LogP contribution in [0, 0.1) is 11.7 Å². The Morgan fingerprint density at radius 2 is 2.19 bits per heavy atom. The fraction of sp³-hybridized carbons (Fsp3) is 0.647. The minimum atomic E-state index is -2.74. The molecule has 1 aliphatic carbocycles. The van der Waals surface area contributed by atoms with E-state index in [9.17, 15) is 18.0 Å². The highest BCUT2D eigenvalue weighted by molar-refractivity contribution is 5.82. The Bertz CT molecular complexity index is 687. The van der Waals surface area contributed by atoms with E-state index in [1.807, 2.05) is 11.9 Å². The molecule has 1 N–H and O–H groups in total. The fourth-order valence-electron chi connectivity index (χ4n) is 3.07. The lowest BCUT2D eigenvalue weighted by Crippen LogP contribution is -2.41. The third-order valence-corrected chi connectivity index (χ3v) is 4.83. The van der Waals surface area contributed by atoms with Gasteiger partial charge in [-0.05, 0) is 32.5 Å². The maximum atomic E-state index is 14.2. The molecule has 0 radical (unpaired) electrons. The summed E-state index contributed by atoms with van der Waals surface area (Å²) >= 11 is 0. The molecule has 0 bridgehead atoms. The van der Waals surface area contributed by atoms with E-state index >= 15 is 0 Å². The number of rotatable bonds is 7. The number of carbonyl (C=O) groups is 1. The Morgan fingerprint density at radius 3 is 2.77 bits per heavy atom. The maximum absolute atomic E-state index is 14.2. The number of halogens is 3. The van der Waals surface area contributed by atoms with Gasteiger partial charge in [-0.25, -0.2) is 13.2 Å². The van der Waals surface area contributed by atoms with E-state index < -0.39 is 17.7 Å². The summed E-state index contributed by atoms with van der Waals surface area (Å²) in [7, 11) is 3.24. The van der Waals surface area contributed by atoms with E-state index in [0.29, 0.717) is 5.56 Å². The van der Waals surface area contributed by atoms with Crippen molar-refractivity contribution in [3.05, 3.63) is 17.4 Å². The van der Waals surface area contributed by atoms with Crippen LogP contribution in [0.2, 0.25) is 0 Å². The molecule has 3 rings (SSSR count). The minimum absolute atomic E-state index is 0.0528. The molecule has 144 valence electrons. The van der Waals surface area contributed by atoms with Crippen LogP contribution < -0.4 is 14.8 Å². The van der Waals surface area contributed by atoms with E-state index in [4.69, 9.17) is 9.47 Å². The van der Waals surface area contributed by atoms with Crippen LogP contribution >= 0.6 is 0 Å². The van der Waals surface area contributed by atoms with Crippen molar-refractivity contribution in [2.75, 3.05) is 27.3 Å². The second kappa shape index (κ2) is 7.30. The van der Waals surface area contributed by atoms with Crippen LogP contribution in [0.3, 0.4) is 0 Å². The van der Waals surface area contributed by atoms with Gasteiger partial charge in [0.2, 0.25) is 11.8 Å². The van der Waals surface area contributed by atoms with Crippen LogP contribution in [-0.2, 0) is 11.3 Å². The van der Waals surface area contributed by atoms with Crippen molar-refractivity contribution >= 4 is 5.91 Å². The van der Waals surface area contributed by atoms with Crippen LogP contribution in [-0.4, -0.2) is 55.1 Å². The Morgan fingerprint density at radius 1 is 1.46 bits per heavy atom. The highest BCUT2D eigenvalue weighted by Gasteiger charge is 2.57. The van der Waals surface area contributed by atoms with Crippen molar-refractivity contribution in [2.45, 2.75) is 37.8 Å². The highest BCUT2D eigenvalue weighted by atomic mass is 19.3. The van der Waals surface area contributed by atoms with Crippen LogP contribution in [0.15, 0.2) is 6.07 Å². The number of ether oxygens (including phenoxy) is 2. The molecule has 1 saturated heterocycles. The third-order valence-electron chi connectivity index (χ3n) is 4.83. The Hall–Kier alpha value is -2.03. The molecule has 1 aromatic heterocycles. The zero-order valence-electron chi connectivity index (χ0n) is 14.7. The largest absolute Gasteiger partial charge is 0.481 e. The van der Waals surface area contributed by atoms with Crippen molar-refractivity contribution < 1.29 is 27.4 Å². The van der Waals surface area contributed by atoms with Gasteiger partial charge in [0.05, 0.1) is 25.7 Å². The van der Waals surface area contributed by atoms with Crippen molar-refractivity contribution in [3.8, 4) is 11.8 Å². The molecule has 1 aromatic rings. The average Bonchev–Trinajstić information content (AvgIpc) is 2.99. The number of amides is 1. The van der Waals surface area contributed by atoms with Crippen molar-refractivity contribution in [1.82, 2.24) is 15.2 Å². The lowest BCUT2D eigenvalue weighted by molar-refractivity contribution is -0.125. The van der Waals surface area contributed by atoms with Crippen LogP contribution in [0.4, 0.5) is 13.2 Å². The van der Waals surface area contributed by atoms with Gasteiger partial charge in [-0.2, -0.15) is 4.98 Å². The normalized spacial score (nSPS) is 24.3. The molecule has 26 heavy (non-hydrogen) atoms. The number of hydrogen-bond donors (Lipinski definition) is 1. The molecule has 1 amide bonds. The number of alkyl halides is 2. The first-order chi connectivity index (χ1) is 12.3. The van der Waals surface area contributed by atoms with Crippen LogP contribution in [0.25, 0.3) is 0 Å². The number of nitrogens with zero attached hydrogens (tertiary/aromatic N) is 2. The van der Waals surface area contributed by atoms with Gasteiger partial charge in [0.15, 0.2) is 5.82 Å². The molecule has 0 aromatic carbocycles. The van der Waals surface area contributed by atoms with Gasteiger partial charge in [-0.3, -0.25) is 9.69 Å². The average molecular weight is 373 g/mol. The number of pyridine rings is 1. The van der Waals surface area contributed by atoms with E-state index in [-0.39, 0.29) is 43.3 Å². The Kier molecular flexibility index (Phi) is 5.27. The summed E-state index contributed by atoms with van der Waals surface area (Å²) < 4.78 is 50.1. The van der Waals surface area contributed by atoms with Gasteiger partial charge in [0, 0.05) is 18.5 Å². The summed E-state index contributed by atoms with van der Waals surface area (Å²) in [6.45, 7) is 0.616. The van der Waals surface area contributed by atoms with E-state index in [0.717, 1.165) is 25.5 Å². The number of likely N-dealkylation sites (tertiary alicyclic amines) is 1. The van der Waals surface area contributed by atoms with E-state index in [1.54, 1.807) is 0 Å². The molecule has 6 nitrogen and oxygen atoms in total. The molecular weight excluding hydrogens is 351 g/mol. The highest BCUT2D eigenvalue weighted by Crippen LogP contribution is 2.48. The SMILES string of the molecule is COc1nc(OCC2CC2(F)F)c(F)cc1CNC(=O)[C@@H]1CCCN1C. The van der Waals surface area contributed by atoms with Crippen LogP contribution in [0.1, 0.15) is 24.8 Å². The zero-order chi connectivity index (χ0) is 18.9. The number of likely N-dealkylation sites (N-methyl/N-ethyl adjacent to an activating group) is 1. The van der Waals surface area contributed by atoms with Crippen LogP contribution in [0.5, 0.6) is 11.8 Å². The number of carbonyl (C=O) groups excluding carboxylic acids is 1. The van der Waals surface area contributed by atoms with Crippen molar-refractivity contribution in [1.29, 1.82) is 0 Å². The minimum Gasteiger partial charge on any atom is -0.481 e. The zero-order valence-corrected chi connectivity index (χ0v) is 14.7. The number of aromatic nitrogens is 1. The van der Waals surface area contributed by atoms with Gasteiger partial charge < -0.3 is 14.8 Å². The molecule has 1 unspecified atom stereocenters. The summed E-state index contributed by atoms with van der Waals surface area (Å²) in [5.41, 5.74) is 0.350. The lowest BCUT2D eigenvalue weighted by atomic mass is 10.2. The van der Waals surface area contributed by atoms with Gasteiger partial charge in [-0.15, -0.1) is 0 Å². The second-order valence-corrected chi connectivity index (χ2v) is 6.77. The molecular formula is C17H22F3N3O3. The quantitative estimate of drug-likeness (QED) is 0.792. The summed E-state index contributed by atoms with van der Waals surface area (Å²) in [5, 5.41) is 2.76. The predicted molar refractivity (Wildman–Crippen MR) is 86.8 cm³/mol. The first kappa shape index (κ1) is 18.8. The Labute approximate surface area is 149 Å². The maximum Gasteiger partial charge on any atom is 0.255 e. The first-order valence-electron chi connectivity index (χ1n) is 8.54. The molecule has 1 aliphatic heterocycles. The van der Waals surface area contributed by atoms with Gasteiger partial charge >= 0.3 is 0 Å². The second-order valence-electron chi connectivity index (χ2n) is 6.77.